The second kappa shape index (κ2) is 7.77. The number of aromatic nitrogens is 2. The molecule has 1 aromatic heterocycles. The molecule has 6 heteroatoms. The summed E-state index contributed by atoms with van der Waals surface area (Å²) in [7, 11) is 1.89. The molecule has 1 aromatic rings. The summed E-state index contributed by atoms with van der Waals surface area (Å²) < 4.78 is 1.86. The summed E-state index contributed by atoms with van der Waals surface area (Å²) in [5, 5.41) is 13.8. The Hall–Kier alpha value is -1.56. The Morgan fingerprint density at radius 1 is 1.44 bits per heavy atom. The van der Waals surface area contributed by atoms with Gasteiger partial charge in [-0.3, -0.25) is 0 Å². The molecule has 0 bridgehead atoms. The lowest BCUT2D eigenvalue weighted by atomic mass is 9.83. The van der Waals surface area contributed by atoms with Crippen LogP contribution in [0.15, 0.2) is 12.4 Å². The quantitative estimate of drug-likeness (QED) is 0.859. The van der Waals surface area contributed by atoms with E-state index >= 15 is 0 Å². The number of rotatable bonds is 5. The van der Waals surface area contributed by atoms with Gasteiger partial charge >= 0.3 is 6.03 Å². The van der Waals surface area contributed by atoms with Gasteiger partial charge in [-0.05, 0) is 37.5 Å². The van der Waals surface area contributed by atoms with E-state index in [0.717, 1.165) is 32.4 Å². The van der Waals surface area contributed by atoms with Gasteiger partial charge < -0.3 is 19.9 Å². The van der Waals surface area contributed by atoms with Crippen molar-refractivity contribution in [2.45, 2.75) is 58.0 Å². The number of piperidine rings is 1. The minimum Gasteiger partial charge on any atom is -0.385 e. The smallest absolute Gasteiger partial charge is 0.317 e. The first-order valence-corrected chi connectivity index (χ1v) is 9.73. The first-order valence-electron chi connectivity index (χ1n) is 9.73. The number of aliphatic hydroxyl groups is 1. The Bertz CT molecular complexity index is 580. The normalized spacial score (nSPS) is 24.3. The second-order valence-electron chi connectivity index (χ2n) is 7.91. The van der Waals surface area contributed by atoms with E-state index in [9.17, 15) is 9.90 Å². The zero-order chi connectivity index (χ0) is 17.9. The molecule has 0 spiro atoms. The zero-order valence-corrected chi connectivity index (χ0v) is 15.6. The number of carbonyl (C=O) groups excluding carboxylic acids is 1. The second-order valence-corrected chi connectivity index (χ2v) is 7.91. The third-order valence-corrected chi connectivity index (χ3v) is 6.34. The molecular weight excluding hydrogens is 316 g/mol. The van der Waals surface area contributed by atoms with Gasteiger partial charge in [-0.1, -0.05) is 19.8 Å². The van der Waals surface area contributed by atoms with Crippen molar-refractivity contribution in [1.82, 2.24) is 19.8 Å². The minimum atomic E-state index is -0.618. The number of hydrogen-bond donors (Lipinski definition) is 2. The predicted octanol–water partition coefficient (Wildman–Crippen LogP) is 2.85. The van der Waals surface area contributed by atoms with Crippen LogP contribution in [0, 0.1) is 11.3 Å². The molecule has 2 N–H and O–H groups in total. The first kappa shape index (κ1) is 18.2. The van der Waals surface area contributed by atoms with E-state index < -0.39 is 6.10 Å². The first-order chi connectivity index (χ1) is 12.0. The van der Waals surface area contributed by atoms with Crippen molar-refractivity contribution in [3.63, 3.8) is 0 Å². The average molecular weight is 348 g/mol. The number of likely N-dealkylation sites (tertiary alicyclic amines) is 1. The maximum absolute atomic E-state index is 12.6. The van der Waals surface area contributed by atoms with Crippen LogP contribution in [-0.4, -0.2) is 45.2 Å². The van der Waals surface area contributed by atoms with Gasteiger partial charge in [0.2, 0.25) is 0 Å². The van der Waals surface area contributed by atoms with Crippen LogP contribution in [0.3, 0.4) is 0 Å². The Morgan fingerprint density at radius 2 is 2.20 bits per heavy atom. The maximum atomic E-state index is 12.6. The fourth-order valence-electron chi connectivity index (χ4n) is 4.48. The van der Waals surface area contributed by atoms with Crippen molar-refractivity contribution >= 4 is 6.03 Å². The third-order valence-electron chi connectivity index (χ3n) is 6.34. The van der Waals surface area contributed by atoms with Crippen molar-refractivity contribution < 1.29 is 9.90 Å². The molecule has 3 rings (SSSR count). The molecule has 2 atom stereocenters. The largest absolute Gasteiger partial charge is 0.385 e. The molecule has 140 valence electrons. The predicted molar refractivity (Wildman–Crippen MR) is 97.1 cm³/mol. The van der Waals surface area contributed by atoms with E-state index in [2.05, 4.69) is 17.2 Å². The number of hydrogen-bond acceptors (Lipinski definition) is 3. The lowest BCUT2D eigenvalue weighted by Crippen LogP contribution is -2.48. The number of imidazole rings is 1. The molecule has 1 saturated heterocycles. The molecule has 6 nitrogen and oxygen atoms in total. The lowest BCUT2D eigenvalue weighted by Gasteiger charge is -2.36. The van der Waals surface area contributed by atoms with E-state index in [-0.39, 0.29) is 11.9 Å². The van der Waals surface area contributed by atoms with Gasteiger partial charge in [-0.25, -0.2) is 9.78 Å². The summed E-state index contributed by atoms with van der Waals surface area (Å²) in [6.45, 7) is 4.39. The summed E-state index contributed by atoms with van der Waals surface area (Å²) >= 11 is 0. The van der Waals surface area contributed by atoms with E-state index in [1.807, 2.05) is 22.7 Å². The number of aryl methyl sites for hydroxylation is 1. The molecule has 2 heterocycles. The van der Waals surface area contributed by atoms with Crippen molar-refractivity contribution in [2.75, 3.05) is 19.6 Å². The van der Waals surface area contributed by atoms with Gasteiger partial charge in [0.1, 0.15) is 11.9 Å². The number of amides is 2. The Kier molecular flexibility index (Phi) is 5.67. The van der Waals surface area contributed by atoms with Crippen LogP contribution < -0.4 is 5.32 Å². The molecule has 2 amide bonds. The van der Waals surface area contributed by atoms with Gasteiger partial charge in [0.15, 0.2) is 0 Å². The summed E-state index contributed by atoms with van der Waals surface area (Å²) in [6.07, 6.45) is 10.9. The standard InChI is InChI=1S/C19H32N4O2/c1-3-19(8-4-5-9-19)14-21-18(25)23-11-6-7-15(13-23)16(24)17-20-10-12-22(17)2/h10,12,15-16,24H,3-9,11,13-14H2,1-2H3,(H,21,25). The Balaban J connectivity index is 1.55. The molecule has 25 heavy (non-hydrogen) atoms. The molecule has 1 aliphatic carbocycles. The molecule has 2 fully saturated rings. The van der Waals surface area contributed by atoms with Crippen LogP contribution in [-0.2, 0) is 7.05 Å². The maximum Gasteiger partial charge on any atom is 0.317 e. The highest BCUT2D eigenvalue weighted by Crippen LogP contribution is 2.40. The van der Waals surface area contributed by atoms with E-state index in [1.54, 1.807) is 6.20 Å². The number of nitrogens with one attached hydrogen (secondary N) is 1. The van der Waals surface area contributed by atoms with Crippen LogP contribution >= 0.6 is 0 Å². The highest BCUT2D eigenvalue weighted by molar-refractivity contribution is 5.74. The summed E-state index contributed by atoms with van der Waals surface area (Å²) in [5.41, 5.74) is 0.303. The van der Waals surface area contributed by atoms with Crippen LogP contribution in [0.2, 0.25) is 0 Å². The molecular formula is C19H32N4O2. The van der Waals surface area contributed by atoms with Gasteiger partial charge in [-0.15, -0.1) is 0 Å². The van der Waals surface area contributed by atoms with Gasteiger partial charge in [-0.2, -0.15) is 0 Å². The number of urea groups is 1. The summed E-state index contributed by atoms with van der Waals surface area (Å²) in [5.74, 6) is 0.732. The SMILES string of the molecule is CCC1(CNC(=O)N2CCCC(C(O)c3nccn3C)C2)CCCC1. The molecule has 2 aliphatic rings. The average Bonchev–Trinajstić information content (AvgIpc) is 3.28. The van der Waals surface area contributed by atoms with Crippen LogP contribution in [0.25, 0.3) is 0 Å². The van der Waals surface area contributed by atoms with Crippen molar-refractivity contribution in [3.05, 3.63) is 18.2 Å². The fraction of sp³-hybridized carbons (Fsp3) is 0.789. The van der Waals surface area contributed by atoms with Crippen LogP contribution in [0.4, 0.5) is 4.79 Å². The lowest BCUT2D eigenvalue weighted by molar-refractivity contribution is 0.0527. The minimum absolute atomic E-state index is 0.0245. The molecule has 1 aliphatic heterocycles. The Labute approximate surface area is 150 Å². The monoisotopic (exact) mass is 348 g/mol. The molecule has 0 radical (unpaired) electrons. The van der Waals surface area contributed by atoms with Crippen LogP contribution in [0.5, 0.6) is 0 Å². The van der Waals surface area contributed by atoms with E-state index in [0.29, 0.717) is 17.8 Å². The third kappa shape index (κ3) is 4.00. The molecule has 1 saturated carbocycles. The van der Waals surface area contributed by atoms with Crippen molar-refractivity contribution in [1.29, 1.82) is 0 Å². The van der Waals surface area contributed by atoms with Crippen molar-refractivity contribution in [3.8, 4) is 0 Å². The van der Waals surface area contributed by atoms with Gasteiger partial charge in [0.05, 0.1) is 0 Å². The Morgan fingerprint density at radius 3 is 2.84 bits per heavy atom. The summed E-state index contributed by atoms with van der Waals surface area (Å²) in [4.78, 5) is 18.8. The highest BCUT2D eigenvalue weighted by atomic mass is 16.3. The van der Waals surface area contributed by atoms with E-state index in [4.69, 9.17) is 0 Å². The zero-order valence-electron chi connectivity index (χ0n) is 15.6. The molecule has 0 aromatic carbocycles. The van der Waals surface area contributed by atoms with Crippen LogP contribution in [0.1, 0.15) is 63.8 Å². The van der Waals surface area contributed by atoms with Gasteiger partial charge in [0.25, 0.3) is 0 Å². The number of nitrogens with zero attached hydrogens (tertiary/aromatic N) is 3. The number of carbonyl (C=O) groups is 1. The topological polar surface area (TPSA) is 70.4 Å². The molecule has 2 unspecified atom stereocenters. The van der Waals surface area contributed by atoms with Crippen molar-refractivity contribution in [2.24, 2.45) is 18.4 Å². The summed E-state index contributed by atoms with van der Waals surface area (Å²) in [6, 6.07) is 0.0245. The van der Waals surface area contributed by atoms with Gasteiger partial charge in [0, 0.05) is 45.0 Å². The fourth-order valence-corrected chi connectivity index (χ4v) is 4.48. The number of aliphatic hydroxyl groups excluding tert-OH is 1. The highest BCUT2D eigenvalue weighted by Gasteiger charge is 2.34. The van der Waals surface area contributed by atoms with E-state index in [1.165, 1.54) is 25.7 Å².